The minimum atomic E-state index is 0.933. The maximum atomic E-state index is 4.72. The van der Waals surface area contributed by atoms with Crippen LogP contribution in [-0.2, 0) is 12.8 Å². The number of hydrogen-bond donors (Lipinski definition) is 0. The lowest BCUT2D eigenvalue weighted by molar-refractivity contribution is 0.815. The molecule has 0 spiro atoms. The van der Waals surface area contributed by atoms with E-state index in [1.54, 1.807) is 11.8 Å². The maximum absolute atomic E-state index is 4.72. The molecule has 1 heterocycles. The van der Waals surface area contributed by atoms with Crippen LogP contribution in [0.25, 0.3) is 21.8 Å². The number of fused-ring (bicyclic) bond motifs is 2. The van der Waals surface area contributed by atoms with Crippen LogP contribution in [0.3, 0.4) is 0 Å². The number of rotatable bonds is 3. The van der Waals surface area contributed by atoms with E-state index in [-0.39, 0.29) is 0 Å². The highest BCUT2D eigenvalue weighted by atomic mass is 32.2. The third kappa shape index (κ3) is 2.38. The Balaban J connectivity index is 1.61. The topological polar surface area (TPSA) is 17.8 Å². The van der Waals surface area contributed by atoms with E-state index in [9.17, 15) is 0 Å². The molecule has 0 radical (unpaired) electrons. The van der Waals surface area contributed by atoms with Gasteiger partial charge in [0.15, 0.2) is 5.16 Å². The molecule has 0 saturated heterocycles. The molecular formula is C19H16N2S. The van der Waals surface area contributed by atoms with E-state index >= 15 is 0 Å². The summed E-state index contributed by atoms with van der Waals surface area (Å²) in [6.45, 7) is 0. The molecule has 0 atom stereocenters. The molecule has 22 heavy (non-hydrogen) atoms. The van der Waals surface area contributed by atoms with Crippen LogP contribution >= 0.6 is 11.8 Å². The average Bonchev–Trinajstić information content (AvgIpc) is 2.89. The molecule has 0 aliphatic heterocycles. The summed E-state index contributed by atoms with van der Waals surface area (Å²) in [6, 6.07) is 23.4. The second kappa shape index (κ2) is 5.50. The van der Waals surface area contributed by atoms with E-state index in [4.69, 9.17) is 4.98 Å². The quantitative estimate of drug-likeness (QED) is 0.495. The fourth-order valence-electron chi connectivity index (χ4n) is 2.73. The number of para-hydroxylation sites is 2. The van der Waals surface area contributed by atoms with Gasteiger partial charge in [-0.25, -0.2) is 4.98 Å². The highest BCUT2D eigenvalue weighted by Gasteiger charge is 2.07. The van der Waals surface area contributed by atoms with Gasteiger partial charge >= 0.3 is 0 Å². The minimum absolute atomic E-state index is 0.933. The number of hydrogen-bond acceptors (Lipinski definition) is 2. The third-order valence-electron chi connectivity index (χ3n) is 3.93. The van der Waals surface area contributed by atoms with Gasteiger partial charge in [0.1, 0.15) is 0 Å². The molecule has 0 saturated carbocycles. The van der Waals surface area contributed by atoms with Crippen LogP contribution in [0.15, 0.2) is 71.9 Å². The summed E-state index contributed by atoms with van der Waals surface area (Å²) in [5, 5.41) is 3.65. The number of aromatic nitrogens is 2. The van der Waals surface area contributed by atoms with Crippen molar-refractivity contribution in [2.75, 3.05) is 0 Å². The van der Waals surface area contributed by atoms with E-state index in [1.165, 1.54) is 21.9 Å². The molecule has 0 fully saturated rings. The zero-order valence-electron chi connectivity index (χ0n) is 12.4. The van der Waals surface area contributed by atoms with Gasteiger partial charge in [0.2, 0.25) is 0 Å². The van der Waals surface area contributed by atoms with E-state index in [2.05, 4.69) is 72.3 Å². The van der Waals surface area contributed by atoms with Gasteiger partial charge in [-0.2, -0.15) is 0 Å². The summed E-state index contributed by atoms with van der Waals surface area (Å²) in [4.78, 5) is 4.72. The van der Waals surface area contributed by atoms with Crippen molar-refractivity contribution < 1.29 is 0 Å². The lowest BCUT2D eigenvalue weighted by Crippen LogP contribution is -1.91. The van der Waals surface area contributed by atoms with Crippen molar-refractivity contribution >= 4 is 33.6 Å². The maximum Gasteiger partial charge on any atom is 0.169 e. The fourth-order valence-corrected chi connectivity index (χ4v) is 3.66. The Morgan fingerprint density at radius 3 is 2.55 bits per heavy atom. The Hall–Kier alpha value is -2.26. The molecule has 0 unspecified atom stereocenters. The largest absolute Gasteiger partial charge is 0.322 e. The highest BCUT2D eigenvalue weighted by Crippen LogP contribution is 2.26. The smallest absolute Gasteiger partial charge is 0.169 e. The summed E-state index contributed by atoms with van der Waals surface area (Å²) in [5.74, 6) is 0.933. The lowest BCUT2D eigenvalue weighted by atomic mass is 10.1. The molecule has 0 aliphatic rings. The first-order valence-electron chi connectivity index (χ1n) is 7.33. The number of nitrogens with zero attached hydrogens (tertiary/aromatic N) is 2. The Bertz CT molecular complexity index is 956. The summed E-state index contributed by atoms with van der Waals surface area (Å²) in [7, 11) is 2.08. The Labute approximate surface area is 133 Å². The summed E-state index contributed by atoms with van der Waals surface area (Å²) >= 11 is 1.79. The SMILES string of the molecule is Cn1c(SCc2ccc3ccccc3c2)nc2ccccc21. The lowest BCUT2D eigenvalue weighted by Gasteiger charge is -2.04. The van der Waals surface area contributed by atoms with Crippen molar-refractivity contribution in [3.05, 3.63) is 72.3 Å². The van der Waals surface area contributed by atoms with Crippen LogP contribution in [0.2, 0.25) is 0 Å². The van der Waals surface area contributed by atoms with Gasteiger partial charge in [-0.3, -0.25) is 0 Å². The van der Waals surface area contributed by atoms with Crippen molar-refractivity contribution in [1.82, 2.24) is 9.55 Å². The fraction of sp³-hybridized carbons (Fsp3) is 0.105. The normalized spacial score (nSPS) is 11.3. The predicted octanol–water partition coefficient (Wildman–Crippen LogP) is 5.02. The van der Waals surface area contributed by atoms with Gasteiger partial charge in [-0.1, -0.05) is 66.4 Å². The Morgan fingerprint density at radius 2 is 1.68 bits per heavy atom. The predicted molar refractivity (Wildman–Crippen MR) is 94.2 cm³/mol. The van der Waals surface area contributed by atoms with E-state index in [0.29, 0.717) is 0 Å². The van der Waals surface area contributed by atoms with Crippen molar-refractivity contribution in [1.29, 1.82) is 0 Å². The first-order chi connectivity index (χ1) is 10.8. The molecule has 0 bridgehead atoms. The first-order valence-corrected chi connectivity index (χ1v) is 8.32. The molecule has 0 N–H and O–H groups in total. The summed E-state index contributed by atoms with van der Waals surface area (Å²) in [6.07, 6.45) is 0. The summed E-state index contributed by atoms with van der Waals surface area (Å²) < 4.78 is 2.17. The molecule has 2 nitrogen and oxygen atoms in total. The standard InChI is InChI=1S/C19H16N2S/c1-21-18-9-5-4-8-17(18)20-19(21)22-13-14-10-11-15-6-2-3-7-16(15)12-14/h2-12H,13H2,1H3. The van der Waals surface area contributed by atoms with Crippen LogP contribution in [0, 0.1) is 0 Å². The van der Waals surface area contributed by atoms with Crippen molar-refractivity contribution in [3.8, 4) is 0 Å². The molecule has 4 aromatic rings. The molecular weight excluding hydrogens is 288 g/mol. The second-order valence-corrected chi connectivity index (χ2v) is 6.35. The van der Waals surface area contributed by atoms with Crippen LogP contribution in [-0.4, -0.2) is 9.55 Å². The molecule has 4 rings (SSSR count). The van der Waals surface area contributed by atoms with Crippen molar-refractivity contribution in [2.45, 2.75) is 10.9 Å². The summed E-state index contributed by atoms with van der Waals surface area (Å²) in [5.41, 5.74) is 3.57. The molecule has 108 valence electrons. The van der Waals surface area contributed by atoms with Gasteiger partial charge in [0, 0.05) is 12.8 Å². The van der Waals surface area contributed by atoms with Gasteiger partial charge in [0.25, 0.3) is 0 Å². The zero-order chi connectivity index (χ0) is 14.9. The van der Waals surface area contributed by atoms with Gasteiger partial charge < -0.3 is 4.57 Å². The first kappa shape index (κ1) is 13.4. The van der Waals surface area contributed by atoms with Crippen LogP contribution in [0.5, 0.6) is 0 Å². The minimum Gasteiger partial charge on any atom is -0.322 e. The Kier molecular flexibility index (Phi) is 3.35. The molecule has 3 aromatic carbocycles. The monoisotopic (exact) mass is 304 g/mol. The van der Waals surface area contributed by atoms with Crippen molar-refractivity contribution in [2.24, 2.45) is 7.05 Å². The molecule has 3 heteroatoms. The van der Waals surface area contributed by atoms with E-state index < -0.39 is 0 Å². The van der Waals surface area contributed by atoms with Crippen LogP contribution in [0.4, 0.5) is 0 Å². The Morgan fingerprint density at radius 1 is 0.909 bits per heavy atom. The van der Waals surface area contributed by atoms with Gasteiger partial charge in [-0.05, 0) is 28.5 Å². The van der Waals surface area contributed by atoms with Gasteiger partial charge in [0.05, 0.1) is 11.0 Å². The number of benzene rings is 3. The van der Waals surface area contributed by atoms with Crippen molar-refractivity contribution in [3.63, 3.8) is 0 Å². The molecule has 0 amide bonds. The number of aryl methyl sites for hydroxylation is 1. The van der Waals surface area contributed by atoms with Gasteiger partial charge in [-0.15, -0.1) is 0 Å². The number of thioether (sulfide) groups is 1. The molecule has 1 aromatic heterocycles. The van der Waals surface area contributed by atoms with Crippen LogP contribution in [0.1, 0.15) is 5.56 Å². The highest BCUT2D eigenvalue weighted by molar-refractivity contribution is 7.98. The second-order valence-electron chi connectivity index (χ2n) is 5.41. The zero-order valence-corrected chi connectivity index (χ0v) is 13.2. The van der Waals surface area contributed by atoms with E-state index in [1.807, 2.05) is 6.07 Å². The third-order valence-corrected chi connectivity index (χ3v) is 5.03. The average molecular weight is 304 g/mol. The van der Waals surface area contributed by atoms with Crippen LogP contribution < -0.4 is 0 Å². The van der Waals surface area contributed by atoms with E-state index in [0.717, 1.165) is 16.4 Å². The molecule has 0 aliphatic carbocycles. The number of imidazole rings is 1.